The fraction of sp³-hybridized carbons (Fsp3) is 0.304. The number of carbonyl (C=O) groups is 1. The monoisotopic (exact) mass is 392 g/mol. The Balaban J connectivity index is 1.44. The first-order chi connectivity index (χ1) is 13.6. The molecule has 3 aromatic rings. The second kappa shape index (κ2) is 8.15. The van der Waals surface area contributed by atoms with Crippen molar-refractivity contribution in [2.75, 3.05) is 20.2 Å². The van der Waals surface area contributed by atoms with E-state index in [2.05, 4.69) is 29.2 Å². The van der Waals surface area contributed by atoms with Crippen molar-refractivity contribution in [3.05, 3.63) is 81.3 Å². The molecule has 2 heterocycles. The second-order valence-corrected chi connectivity index (χ2v) is 8.28. The third-order valence-electron chi connectivity index (χ3n) is 5.30. The van der Waals surface area contributed by atoms with Crippen molar-refractivity contribution in [1.29, 1.82) is 0 Å². The summed E-state index contributed by atoms with van der Waals surface area (Å²) in [6, 6.07) is 18.5. The number of carbonyl (C=O) groups excluding carboxylic acids is 1. The molecular formula is C23H24N2O2S. The molecule has 0 bridgehead atoms. The van der Waals surface area contributed by atoms with Gasteiger partial charge in [0.2, 0.25) is 0 Å². The number of thiazole rings is 1. The summed E-state index contributed by atoms with van der Waals surface area (Å²) in [6.45, 7) is 3.49. The molecule has 1 aliphatic heterocycles. The van der Waals surface area contributed by atoms with Gasteiger partial charge in [-0.1, -0.05) is 42.5 Å². The van der Waals surface area contributed by atoms with Crippen molar-refractivity contribution in [2.45, 2.75) is 25.7 Å². The number of rotatable bonds is 5. The number of likely N-dealkylation sites (tertiary alicyclic amines) is 1. The fourth-order valence-electron chi connectivity index (χ4n) is 3.73. The average molecular weight is 393 g/mol. The van der Waals surface area contributed by atoms with Crippen molar-refractivity contribution < 1.29 is 9.53 Å². The minimum Gasteiger partial charge on any atom is -0.497 e. The van der Waals surface area contributed by atoms with E-state index in [-0.39, 0.29) is 5.91 Å². The van der Waals surface area contributed by atoms with Crippen molar-refractivity contribution in [2.24, 2.45) is 0 Å². The van der Waals surface area contributed by atoms with Gasteiger partial charge in [-0.15, -0.1) is 11.3 Å². The quantitative estimate of drug-likeness (QED) is 0.633. The van der Waals surface area contributed by atoms with E-state index in [1.165, 1.54) is 22.5 Å². The van der Waals surface area contributed by atoms with Crippen LogP contribution in [0.15, 0.2) is 54.6 Å². The molecule has 1 saturated heterocycles. The molecule has 0 saturated carbocycles. The molecule has 28 heavy (non-hydrogen) atoms. The maximum absolute atomic E-state index is 13.1. The Morgan fingerprint density at radius 3 is 2.64 bits per heavy atom. The van der Waals surface area contributed by atoms with Gasteiger partial charge in [0.05, 0.1) is 17.8 Å². The van der Waals surface area contributed by atoms with Crippen molar-refractivity contribution >= 4 is 17.2 Å². The highest BCUT2D eigenvalue weighted by Crippen LogP contribution is 2.31. The van der Waals surface area contributed by atoms with Crippen LogP contribution < -0.4 is 4.74 Å². The van der Waals surface area contributed by atoms with Gasteiger partial charge >= 0.3 is 0 Å². The minimum atomic E-state index is 0.116. The minimum absolute atomic E-state index is 0.116. The van der Waals surface area contributed by atoms with Crippen molar-refractivity contribution in [3.63, 3.8) is 0 Å². The highest BCUT2D eigenvalue weighted by atomic mass is 32.1. The third-order valence-corrected chi connectivity index (χ3v) is 6.44. The Morgan fingerprint density at radius 2 is 1.93 bits per heavy atom. The lowest BCUT2D eigenvalue weighted by Crippen LogP contribution is -2.28. The topological polar surface area (TPSA) is 42.4 Å². The Bertz CT molecular complexity index is 950. The van der Waals surface area contributed by atoms with Crippen LogP contribution >= 0.6 is 11.3 Å². The van der Waals surface area contributed by atoms with Crippen LogP contribution in [0.4, 0.5) is 0 Å². The lowest BCUT2D eigenvalue weighted by atomic mass is 9.98. The number of hydrogen-bond acceptors (Lipinski definition) is 4. The number of nitrogens with zero attached hydrogens (tertiary/aromatic N) is 2. The molecule has 1 atom stereocenters. The smallest absolute Gasteiger partial charge is 0.265 e. The van der Waals surface area contributed by atoms with Crippen LogP contribution in [0.25, 0.3) is 0 Å². The van der Waals surface area contributed by atoms with E-state index in [0.29, 0.717) is 5.92 Å². The number of aryl methyl sites for hydroxylation is 1. The Labute approximate surface area is 169 Å². The van der Waals surface area contributed by atoms with E-state index in [4.69, 9.17) is 4.74 Å². The van der Waals surface area contributed by atoms with Crippen molar-refractivity contribution in [1.82, 2.24) is 9.88 Å². The summed E-state index contributed by atoms with van der Waals surface area (Å²) in [7, 11) is 1.68. The summed E-state index contributed by atoms with van der Waals surface area (Å²) in [4.78, 5) is 20.5. The highest BCUT2D eigenvalue weighted by Gasteiger charge is 2.30. The number of amides is 1. The van der Waals surface area contributed by atoms with E-state index in [9.17, 15) is 4.79 Å². The van der Waals surface area contributed by atoms with Gasteiger partial charge in [-0.2, -0.15) is 0 Å². The zero-order valence-electron chi connectivity index (χ0n) is 16.2. The van der Waals surface area contributed by atoms with E-state index >= 15 is 0 Å². The molecule has 1 aliphatic rings. The molecule has 1 fully saturated rings. The molecular weight excluding hydrogens is 368 g/mol. The van der Waals surface area contributed by atoms with Gasteiger partial charge < -0.3 is 9.64 Å². The normalized spacial score (nSPS) is 16.4. The largest absolute Gasteiger partial charge is 0.497 e. The fourth-order valence-corrected chi connectivity index (χ4v) is 4.80. The molecule has 1 aromatic heterocycles. The summed E-state index contributed by atoms with van der Waals surface area (Å²) < 4.78 is 5.24. The lowest BCUT2D eigenvalue weighted by molar-refractivity contribution is 0.0794. The summed E-state index contributed by atoms with van der Waals surface area (Å²) in [6.07, 6.45) is 1.76. The first kappa shape index (κ1) is 18.7. The van der Waals surface area contributed by atoms with Gasteiger partial charge in [-0.3, -0.25) is 4.79 Å². The third kappa shape index (κ3) is 3.94. The van der Waals surface area contributed by atoms with Gasteiger partial charge in [0.1, 0.15) is 10.6 Å². The molecule has 4 nitrogen and oxygen atoms in total. The summed E-state index contributed by atoms with van der Waals surface area (Å²) >= 11 is 1.53. The number of benzene rings is 2. The number of hydrogen-bond donors (Lipinski definition) is 0. The average Bonchev–Trinajstić information content (AvgIpc) is 3.35. The number of aromatic nitrogens is 1. The van der Waals surface area contributed by atoms with Crippen LogP contribution in [0.2, 0.25) is 0 Å². The first-order valence-corrected chi connectivity index (χ1v) is 10.4. The molecule has 144 valence electrons. The van der Waals surface area contributed by atoms with Crippen LogP contribution in [-0.2, 0) is 6.42 Å². The predicted molar refractivity (Wildman–Crippen MR) is 112 cm³/mol. The van der Waals surface area contributed by atoms with Gasteiger partial charge in [0.25, 0.3) is 5.91 Å². The summed E-state index contributed by atoms with van der Waals surface area (Å²) in [5.74, 6) is 1.36. The summed E-state index contributed by atoms with van der Waals surface area (Å²) in [5.41, 5.74) is 3.33. The zero-order valence-corrected chi connectivity index (χ0v) is 17.0. The maximum atomic E-state index is 13.1. The molecule has 0 radical (unpaired) electrons. The van der Waals surface area contributed by atoms with Crippen LogP contribution in [0.3, 0.4) is 0 Å². The Kier molecular flexibility index (Phi) is 5.44. The molecule has 1 unspecified atom stereocenters. The second-order valence-electron chi connectivity index (χ2n) is 7.19. The molecule has 2 aromatic carbocycles. The molecule has 1 amide bonds. The van der Waals surface area contributed by atoms with Gasteiger partial charge in [0, 0.05) is 25.4 Å². The van der Waals surface area contributed by atoms with Crippen LogP contribution in [0.1, 0.15) is 43.8 Å². The van der Waals surface area contributed by atoms with E-state index in [0.717, 1.165) is 47.3 Å². The Morgan fingerprint density at radius 1 is 1.18 bits per heavy atom. The summed E-state index contributed by atoms with van der Waals surface area (Å²) in [5, 5.41) is 0.998. The van der Waals surface area contributed by atoms with E-state index in [1.807, 2.05) is 42.2 Å². The lowest BCUT2D eigenvalue weighted by Gasteiger charge is -2.16. The zero-order chi connectivity index (χ0) is 19.5. The van der Waals surface area contributed by atoms with Crippen LogP contribution in [0.5, 0.6) is 5.75 Å². The molecule has 4 rings (SSSR count). The van der Waals surface area contributed by atoms with Gasteiger partial charge in [0.15, 0.2) is 0 Å². The number of methoxy groups -OCH3 is 1. The highest BCUT2D eigenvalue weighted by molar-refractivity contribution is 7.13. The van der Waals surface area contributed by atoms with Crippen LogP contribution in [-0.4, -0.2) is 36.0 Å². The SMILES string of the molecule is COc1ccc(C2CCN(C(=O)c3sc(Cc4ccccc4)nc3C)C2)cc1. The van der Waals surface area contributed by atoms with Crippen LogP contribution in [0, 0.1) is 6.92 Å². The van der Waals surface area contributed by atoms with Gasteiger partial charge in [-0.05, 0) is 36.6 Å². The van der Waals surface area contributed by atoms with Gasteiger partial charge in [-0.25, -0.2) is 4.98 Å². The maximum Gasteiger partial charge on any atom is 0.265 e. The van der Waals surface area contributed by atoms with Crippen molar-refractivity contribution in [3.8, 4) is 5.75 Å². The van der Waals surface area contributed by atoms with E-state index < -0.39 is 0 Å². The molecule has 5 heteroatoms. The standard InChI is InChI=1S/C23H24N2O2S/c1-16-22(28-21(24-16)14-17-6-4-3-5-7-17)23(26)25-13-12-19(15-25)18-8-10-20(27-2)11-9-18/h3-11,19H,12-15H2,1-2H3. The predicted octanol–water partition coefficient (Wildman–Crippen LogP) is 4.68. The molecule has 0 spiro atoms. The van der Waals surface area contributed by atoms with E-state index in [1.54, 1.807) is 7.11 Å². The number of ether oxygens (including phenoxy) is 1. The Hall–Kier alpha value is -2.66. The molecule has 0 N–H and O–H groups in total. The first-order valence-electron chi connectivity index (χ1n) is 9.57. The molecule has 0 aliphatic carbocycles.